The van der Waals surface area contributed by atoms with Crippen molar-refractivity contribution in [2.45, 2.75) is 90.7 Å². The van der Waals surface area contributed by atoms with Gasteiger partial charge in [-0.25, -0.2) is 0 Å². The van der Waals surface area contributed by atoms with E-state index >= 15 is 0 Å². The molecule has 0 aromatic rings. The second kappa shape index (κ2) is 11.0. The van der Waals surface area contributed by atoms with Crippen molar-refractivity contribution in [3.63, 3.8) is 0 Å². The van der Waals surface area contributed by atoms with Crippen molar-refractivity contribution in [2.24, 2.45) is 23.5 Å². The zero-order chi connectivity index (χ0) is 17.2. The number of hydrogen-bond donors (Lipinski definition) is 3. The van der Waals surface area contributed by atoms with Crippen LogP contribution >= 0.6 is 0 Å². The van der Waals surface area contributed by atoms with Crippen LogP contribution in [-0.4, -0.2) is 29.7 Å². The Hall–Kier alpha value is -0.610. The number of amides is 1. The van der Waals surface area contributed by atoms with E-state index in [-0.39, 0.29) is 23.8 Å². The van der Waals surface area contributed by atoms with Crippen molar-refractivity contribution in [1.29, 1.82) is 0 Å². The molecule has 0 spiro atoms. The van der Waals surface area contributed by atoms with Crippen LogP contribution in [0.25, 0.3) is 0 Å². The molecular formula is C19H38N2O2. The summed E-state index contributed by atoms with van der Waals surface area (Å²) in [6.45, 7) is 6.93. The highest BCUT2D eigenvalue weighted by Gasteiger charge is 2.29. The van der Waals surface area contributed by atoms with E-state index in [1.54, 1.807) is 0 Å². The van der Waals surface area contributed by atoms with Gasteiger partial charge in [-0.1, -0.05) is 59.3 Å². The van der Waals surface area contributed by atoms with E-state index in [9.17, 15) is 9.90 Å². The second-order valence-corrected chi connectivity index (χ2v) is 7.70. The van der Waals surface area contributed by atoms with Gasteiger partial charge in [-0.05, 0) is 31.1 Å². The van der Waals surface area contributed by atoms with Crippen LogP contribution in [0.5, 0.6) is 0 Å². The smallest absolute Gasteiger partial charge is 0.223 e. The predicted octanol–water partition coefficient (Wildman–Crippen LogP) is 3.22. The molecule has 3 unspecified atom stereocenters. The first kappa shape index (κ1) is 20.4. The topological polar surface area (TPSA) is 75.3 Å². The maximum Gasteiger partial charge on any atom is 0.223 e. The third kappa shape index (κ3) is 7.67. The molecule has 1 fully saturated rings. The summed E-state index contributed by atoms with van der Waals surface area (Å²) in [5.41, 5.74) is 6.24. The van der Waals surface area contributed by atoms with Crippen molar-refractivity contribution >= 4 is 5.91 Å². The number of hydrogen-bond acceptors (Lipinski definition) is 3. The standard InChI is InChI=1S/C19H38N2O2/c1-4-5-11-21-19(23)16(14(2)3)13-18(22)17(20)12-15-9-7-6-8-10-15/h14-18,22H,4-13,20H2,1-3H3,(H,21,23). The van der Waals surface area contributed by atoms with Gasteiger partial charge < -0.3 is 16.2 Å². The van der Waals surface area contributed by atoms with Crippen LogP contribution in [0.3, 0.4) is 0 Å². The Morgan fingerprint density at radius 3 is 2.48 bits per heavy atom. The quantitative estimate of drug-likeness (QED) is 0.540. The minimum atomic E-state index is -0.582. The van der Waals surface area contributed by atoms with Crippen molar-refractivity contribution in [1.82, 2.24) is 5.32 Å². The maximum absolute atomic E-state index is 12.3. The SMILES string of the molecule is CCCCNC(=O)C(CC(O)C(N)CC1CCCCC1)C(C)C. The van der Waals surface area contributed by atoms with E-state index in [0.29, 0.717) is 12.3 Å². The largest absolute Gasteiger partial charge is 0.391 e. The van der Waals surface area contributed by atoms with E-state index < -0.39 is 6.10 Å². The van der Waals surface area contributed by atoms with Gasteiger partial charge in [-0.3, -0.25) is 4.79 Å². The number of carbonyl (C=O) groups excluding carboxylic acids is 1. The Morgan fingerprint density at radius 1 is 1.26 bits per heavy atom. The van der Waals surface area contributed by atoms with E-state index in [0.717, 1.165) is 25.8 Å². The van der Waals surface area contributed by atoms with Crippen LogP contribution in [0.2, 0.25) is 0 Å². The number of nitrogens with two attached hydrogens (primary N) is 1. The molecule has 1 rings (SSSR count). The van der Waals surface area contributed by atoms with Gasteiger partial charge in [0.25, 0.3) is 0 Å². The Labute approximate surface area is 142 Å². The molecule has 1 saturated carbocycles. The lowest BCUT2D eigenvalue weighted by Gasteiger charge is -2.29. The zero-order valence-electron chi connectivity index (χ0n) is 15.4. The summed E-state index contributed by atoms with van der Waals surface area (Å²) in [4.78, 5) is 12.3. The molecule has 0 heterocycles. The summed E-state index contributed by atoms with van der Waals surface area (Å²) < 4.78 is 0. The lowest BCUT2D eigenvalue weighted by atomic mass is 9.81. The van der Waals surface area contributed by atoms with Crippen LogP contribution in [0.1, 0.15) is 78.6 Å². The van der Waals surface area contributed by atoms with E-state index in [1.807, 2.05) is 13.8 Å². The first-order valence-corrected chi connectivity index (χ1v) is 9.67. The first-order chi connectivity index (χ1) is 11.0. The van der Waals surface area contributed by atoms with Gasteiger partial charge in [0.05, 0.1) is 6.10 Å². The molecule has 136 valence electrons. The molecule has 3 atom stereocenters. The molecule has 1 aliphatic carbocycles. The number of rotatable bonds is 10. The van der Waals surface area contributed by atoms with Gasteiger partial charge >= 0.3 is 0 Å². The molecule has 0 aromatic carbocycles. The lowest BCUT2D eigenvalue weighted by Crippen LogP contribution is -2.42. The fourth-order valence-corrected chi connectivity index (χ4v) is 3.60. The van der Waals surface area contributed by atoms with Crippen LogP contribution < -0.4 is 11.1 Å². The normalized spacial score (nSPS) is 20.3. The number of aliphatic hydroxyl groups excluding tert-OH is 1. The molecular weight excluding hydrogens is 288 g/mol. The summed E-state index contributed by atoms with van der Waals surface area (Å²) >= 11 is 0. The monoisotopic (exact) mass is 326 g/mol. The van der Waals surface area contributed by atoms with E-state index in [2.05, 4.69) is 12.2 Å². The fraction of sp³-hybridized carbons (Fsp3) is 0.947. The molecule has 4 heteroatoms. The average molecular weight is 327 g/mol. The van der Waals surface area contributed by atoms with Crippen LogP contribution in [0, 0.1) is 17.8 Å². The zero-order valence-corrected chi connectivity index (χ0v) is 15.4. The Kier molecular flexibility index (Phi) is 9.80. The summed E-state index contributed by atoms with van der Waals surface area (Å²) in [5.74, 6) is 0.786. The van der Waals surface area contributed by atoms with Crippen molar-refractivity contribution in [2.75, 3.05) is 6.54 Å². The highest BCUT2D eigenvalue weighted by atomic mass is 16.3. The van der Waals surface area contributed by atoms with Gasteiger partial charge in [0.2, 0.25) is 5.91 Å². The molecule has 1 amide bonds. The number of aliphatic hydroxyl groups is 1. The molecule has 23 heavy (non-hydrogen) atoms. The summed E-state index contributed by atoms with van der Waals surface area (Å²) in [5, 5.41) is 13.5. The number of nitrogens with one attached hydrogen (secondary N) is 1. The highest BCUT2D eigenvalue weighted by molar-refractivity contribution is 5.78. The molecule has 0 aliphatic heterocycles. The Bertz CT molecular complexity index is 327. The Morgan fingerprint density at radius 2 is 1.91 bits per heavy atom. The summed E-state index contributed by atoms with van der Waals surface area (Å²) in [6, 6.07) is -0.206. The third-order valence-electron chi connectivity index (χ3n) is 5.29. The summed E-state index contributed by atoms with van der Waals surface area (Å²) in [7, 11) is 0. The van der Waals surface area contributed by atoms with E-state index in [1.165, 1.54) is 32.1 Å². The van der Waals surface area contributed by atoms with Crippen molar-refractivity contribution < 1.29 is 9.90 Å². The van der Waals surface area contributed by atoms with Gasteiger partial charge in [-0.2, -0.15) is 0 Å². The highest BCUT2D eigenvalue weighted by Crippen LogP contribution is 2.28. The molecule has 0 aromatic heterocycles. The van der Waals surface area contributed by atoms with Crippen LogP contribution in [-0.2, 0) is 4.79 Å². The minimum Gasteiger partial charge on any atom is -0.391 e. The lowest BCUT2D eigenvalue weighted by molar-refractivity contribution is -0.127. The predicted molar refractivity (Wildman–Crippen MR) is 96.0 cm³/mol. The number of unbranched alkanes of at least 4 members (excludes halogenated alkanes) is 1. The van der Waals surface area contributed by atoms with Gasteiger partial charge in [0.15, 0.2) is 0 Å². The number of carbonyl (C=O) groups is 1. The molecule has 4 N–H and O–H groups in total. The van der Waals surface area contributed by atoms with E-state index in [4.69, 9.17) is 5.73 Å². The van der Waals surface area contributed by atoms with Crippen molar-refractivity contribution in [3.8, 4) is 0 Å². The average Bonchev–Trinajstić information content (AvgIpc) is 2.53. The van der Waals surface area contributed by atoms with Crippen LogP contribution in [0.4, 0.5) is 0 Å². The van der Waals surface area contributed by atoms with Gasteiger partial charge in [-0.15, -0.1) is 0 Å². The van der Waals surface area contributed by atoms with Gasteiger partial charge in [0.1, 0.15) is 0 Å². The maximum atomic E-state index is 12.3. The minimum absolute atomic E-state index is 0.0670. The fourth-order valence-electron chi connectivity index (χ4n) is 3.60. The molecule has 1 aliphatic rings. The van der Waals surface area contributed by atoms with Crippen LogP contribution in [0.15, 0.2) is 0 Å². The molecule has 4 nitrogen and oxygen atoms in total. The Balaban J connectivity index is 2.45. The molecule has 0 radical (unpaired) electrons. The third-order valence-corrected chi connectivity index (χ3v) is 5.29. The first-order valence-electron chi connectivity index (χ1n) is 9.67. The van der Waals surface area contributed by atoms with Gasteiger partial charge in [0, 0.05) is 18.5 Å². The summed E-state index contributed by atoms with van der Waals surface area (Å²) in [6.07, 6.45) is 9.26. The molecule has 0 bridgehead atoms. The van der Waals surface area contributed by atoms with Crippen molar-refractivity contribution in [3.05, 3.63) is 0 Å². The second-order valence-electron chi connectivity index (χ2n) is 7.70. The molecule has 0 saturated heterocycles.